The van der Waals surface area contributed by atoms with Gasteiger partial charge in [0.1, 0.15) is 0 Å². The van der Waals surface area contributed by atoms with Crippen LogP contribution in [-0.4, -0.2) is 43.3 Å². The lowest BCUT2D eigenvalue weighted by molar-refractivity contribution is 0.580. The third-order valence-electron chi connectivity index (χ3n) is 4.94. The van der Waals surface area contributed by atoms with E-state index in [1.807, 2.05) is 30.5 Å². The number of nitrogens with zero attached hydrogens (tertiary/aromatic N) is 3. The highest BCUT2D eigenvalue weighted by atomic mass is 35.5. The number of halogens is 1. The normalized spacial score (nSPS) is 17.0. The van der Waals surface area contributed by atoms with Gasteiger partial charge in [0.2, 0.25) is 5.56 Å². The van der Waals surface area contributed by atoms with Gasteiger partial charge in [-0.15, -0.1) is 0 Å². The maximum atomic E-state index is 11.7. The predicted octanol–water partition coefficient (Wildman–Crippen LogP) is 2.73. The lowest BCUT2D eigenvalue weighted by Crippen LogP contribution is -2.44. The molecular formula is C21H28ClN5O. The van der Waals surface area contributed by atoms with Crippen molar-refractivity contribution in [2.24, 2.45) is 4.99 Å². The summed E-state index contributed by atoms with van der Waals surface area (Å²) in [5.41, 5.74) is 1.22. The molecule has 1 aliphatic heterocycles. The van der Waals surface area contributed by atoms with Crippen LogP contribution in [-0.2, 0) is 6.54 Å². The molecule has 1 saturated heterocycles. The van der Waals surface area contributed by atoms with E-state index in [0.29, 0.717) is 6.04 Å². The van der Waals surface area contributed by atoms with Crippen molar-refractivity contribution in [2.45, 2.75) is 31.8 Å². The third-order valence-corrected chi connectivity index (χ3v) is 5.18. The fourth-order valence-corrected chi connectivity index (χ4v) is 3.62. The molecule has 1 aliphatic rings. The Morgan fingerprint density at radius 3 is 2.93 bits per heavy atom. The van der Waals surface area contributed by atoms with Gasteiger partial charge in [0.25, 0.3) is 0 Å². The van der Waals surface area contributed by atoms with E-state index in [0.717, 1.165) is 62.1 Å². The highest BCUT2D eigenvalue weighted by Gasteiger charge is 2.23. The van der Waals surface area contributed by atoms with E-state index in [9.17, 15) is 4.79 Å². The third kappa shape index (κ3) is 5.76. The zero-order valence-corrected chi connectivity index (χ0v) is 17.0. The first-order valence-corrected chi connectivity index (χ1v) is 10.2. The average Bonchev–Trinajstić information content (AvgIpc) is 3.17. The van der Waals surface area contributed by atoms with Crippen LogP contribution < -0.4 is 21.1 Å². The minimum Gasteiger partial charge on any atom is -0.369 e. The zero-order chi connectivity index (χ0) is 19.8. The maximum Gasteiger partial charge on any atom is 0.250 e. The number of aromatic nitrogens is 1. The fourth-order valence-electron chi connectivity index (χ4n) is 3.43. The minimum atomic E-state index is 0.0541. The molecule has 1 atom stereocenters. The second kappa shape index (κ2) is 10.2. The van der Waals surface area contributed by atoms with E-state index in [-0.39, 0.29) is 5.56 Å². The smallest absolute Gasteiger partial charge is 0.250 e. The van der Waals surface area contributed by atoms with Crippen molar-refractivity contribution in [1.29, 1.82) is 0 Å². The molecule has 7 heteroatoms. The monoisotopic (exact) mass is 401 g/mol. The van der Waals surface area contributed by atoms with Gasteiger partial charge in [0, 0.05) is 62.2 Å². The number of hydrogen-bond acceptors (Lipinski definition) is 3. The Bertz CT molecular complexity index is 850. The van der Waals surface area contributed by atoms with Crippen molar-refractivity contribution >= 4 is 23.2 Å². The summed E-state index contributed by atoms with van der Waals surface area (Å²) in [6.45, 7) is 3.50. The van der Waals surface area contributed by atoms with Gasteiger partial charge in [0.15, 0.2) is 5.96 Å². The van der Waals surface area contributed by atoms with Crippen LogP contribution in [0.2, 0.25) is 5.02 Å². The van der Waals surface area contributed by atoms with E-state index >= 15 is 0 Å². The van der Waals surface area contributed by atoms with Crippen LogP contribution >= 0.6 is 11.6 Å². The molecule has 1 fully saturated rings. The second-order valence-electron chi connectivity index (χ2n) is 6.99. The molecule has 0 saturated carbocycles. The van der Waals surface area contributed by atoms with Gasteiger partial charge in [0.05, 0.1) is 0 Å². The summed E-state index contributed by atoms with van der Waals surface area (Å²) in [4.78, 5) is 18.4. The molecule has 1 aromatic carbocycles. The first kappa shape index (κ1) is 20.3. The quantitative estimate of drug-likeness (QED) is 0.425. The number of pyridine rings is 1. The molecule has 0 aliphatic carbocycles. The maximum absolute atomic E-state index is 11.7. The lowest BCUT2D eigenvalue weighted by Gasteiger charge is -2.20. The molecule has 28 heavy (non-hydrogen) atoms. The van der Waals surface area contributed by atoms with Gasteiger partial charge in [-0.2, -0.15) is 0 Å². The highest BCUT2D eigenvalue weighted by molar-refractivity contribution is 6.30. The van der Waals surface area contributed by atoms with E-state index in [2.05, 4.69) is 26.6 Å². The molecule has 3 rings (SSSR count). The van der Waals surface area contributed by atoms with Gasteiger partial charge < -0.3 is 20.1 Å². The molecule has 1 aromatic heterocycles. The fraction of sp³-hybridized carbons (Fsp3) is 0.429. The summed E-state index contributed by atoms with van der Waals surface area (Å²) in [6.07, 6.45) is 4.81. The van der Waals surface area contributed by atoms with Crippen molar-refractivity contribution in [3.05, 3.63) is 64.0 Å². The van der Waals surface area contributed by atoms with Crippen molar-refractivity contribution in [3.8, 4) is 0 Å². The standard InChI is InChI=1S/C21H28ClN5O/c1-23-21(24-11-3-5-13-26-12-4-2-9-20(26)28)25-18-10-14-27(16-18)19-8-6-7-17(22)15-19/h2,4,6-9,12,15,18H,3,5,10-11,13-14,16H2,1H3,(H2,23,24,25). The Morgan fingerprint density at radius 1 is 1.25 bits per heavy atom. The predicted molar refractivity (Wildman–Crippen MR) is 117 cm³/mol. The van der Waals surface area contributed by atoms with Crippen LogP contribution in [0, 0.1) is 0 Å². The van der Waals surface area contributed by atoms with E-state index in [1.54, 1.807) is 23.7 Å². The minimum absolute atomic E-state index is 0.0541. The molecule has 1 unspecified atom stereocenters. The first-order chi connectivity index (χ1) is 13.7. The molecule has 0 spiro atoms. The van der Waals surface area contributed by atoms with E-state index in [1.165, 1.54) is 0 Å². The Kier molecular flexibility index (Phi) is 7.37. The largest absolute Gasteiger partial charge is 0.369 e. The van der Waals surface area contributed by atoms with Crippen molar-refractivity contribution in [1.82, 2.24) is 15.2 Å². The summed E-state index contributed by atoms with van der Waals surface area (Å²) in [7, 11) is 1.79. The number of unbranched alkanes of at least 4 members (excludes halogenated alkanes) is 1. The van der Waals surface area contributed by atoms with Crippen LogP contribution in [0.15, 0.2) is 58.4 Å². The molecule has 2 heterocycles. The van der Waals surface area contributed by atoms with Gasteiger partial charge >= 0.3 is 0 Å². The average molecular weight is 402 g/mol. The Labute approximate surface area is 171 Å². The van der Waals surface area contributed by atoms with Crippen LogP contribution in [0.1, 0.15) is 19.3 Å². The van der Waals surface area contributed by atoms with Gasteiger partial charge in [-0.3, -0.25) is 9.79 Å². The zero-order valence-electron chi connectivity index (χ0n) is 16.3. The van der Waals surface area contributed by atoms with Crippen molar-refractivity contribution < 1.29 is 0 Å². The highest BCUT2D eigenvalue weighted by Crippen LogP contribution is 2.23. The molecule has 150 valence electrons. The Hall–Kier alpha value is -2.47. The van der Waals surface area contributed by atoms with Gasteiger partial charge in [-0.05, 0) is 43.5 Å². The second-order valence-corrected chi connectivity index (χ2v) is 7.43. The SMILES string of the molecule is CN=C(NCCCCn1ccccc1=O)NC1CCN(c2cccc(Cl)c2)C1. The number of aryl methyl sites for hydroxylation is 1. The molecule has 2 aromatic rings. The first-order valence-electron chi connectivity index (χ1n) is 9.79. The number of guanidine groups is 1. The number of nitrogens with one attached hydrogen (secondary N) is 2. The number of anilines is 1. The summed E-state index contributed by atoms with van der Waals surface area (Å²) in [5, 5.41) is 7.65. The molecule has 0 radical (unpaired) electrons. The van der Waals surface area contributed by atoms with Crippen LogP contribution in [0.5, 0.6) is 0 Å². The number of hydrogen-bond donors (Lipinski definition) is 2. The lowest BCUT2D eigenvalue weighted by atomic mass is 10.2. The van der Waals surface area contributed by atoms with Crippen LogP contribution in [0.4, 0.5) is 5.69 Å². The van der Waals surface area contributed by atoms with Gasteiger partial charge in [-0.25, -0.2) is 0 Å². The molecular weight excluding hydrogens is 374 g/mol. The summed E-state index contributed by atoms with van der Waals surface area (Å²) in [5.74, 6) is 0.829. The van der Waals surface area contributed by atoms with Crippen LogP contribution in [0.3, 0.4) is 0 Å². The molecule has 0 bridgehead atoms. The summed E-state index contributed by atoms with van der Waals surface area (Å²) < 4.78 is 1.75. The summed E-state index contributed by atoms with van der Waals surface area (Å²) in [6, 6.07) is 13.6. The Morgan fingerprint density at radius 2 is 2.14 bits per heavy atom. The number of benzene rings is 1. The molecule has 2 N–H and O–H groups in total. The number of rotatable bonds is 7. The van der Waals surface area contributed by atoms with E-state index in [4.69, 9.17) is 11.6 Å². The number of aliphatic imine (C=N–C) groups is 1. The molecule has 6 nitrogen and oxygen atoms in total. The van der Waals surface area contributed by atoms with Gasteiger partial charge in [-0.1, -0.05) is 23.7 Å². The van der Waals surface area contributed by atoms with Crippen LogP contribution in [0.25, 0.3) is 0 Å². The summed E-state index contributed by atoms with van der Waals surface area (Å²) >= 11 is 6.11. The van der Waals surface area contributed by atoms with Crippen molar-refractivity contribution in [3.63, 3.8) is 0 Å². The Balaban J connectivity index is 1.38. The topological polar surface area (TPSA) is 61.7 Å². The van der Waals surface area contributed by atoms with E-state index < -0.39 is 0 Å². The van der Waals surface area contributed by atoms with Crippen molar-refractivity contribution in [2.75, 3.05) is 31.6 Å². The molecule has 0 amide bonds.